The first-order valence-electron chi connectivity index (χ1n) is 6.55. The van der Waals surface area contributed by atoms with Crippen molar-refractivity contribution in [1.82, 2.24) is 10.2 Å². The molecule has 2 aromatic carbocycles. The molecule has 3 aromatic rings. The minimum absolute atomic E-state index is 0.0118. The highest BCUT2D eigenvalue weighted by atomic mass is 35.5. The third-order valence-corrected chi connectivity index (χ3v) is 3.93. The van der Waals surface area contributed by atoms with Gasteiger partial charge in [-0.3, -0.25) is 20.0 Å². The largest absolute Gasteiger partial charge is 0.396 e. The number of aromatic amines is 1. The number of aromatic nitrogens is 2. The van der Waals surface area contributed by atoms with Crippen molar-refractivity contribution in [2.45, 2.75) is 0 Å². The Labute approximate surface area is 144 Å². The van der Waals surface area contributed by atoms with Gasteiger partial charge < -0.3 is 11.1 Å². The van der Waals surface area contributed by atoms with E-state index in [0.717, 1.165) is 0 Å². The second kappa shape index (κ2) is 5.99. The summed E-state index contributed by atoms with van der Waals surface area (Å²) in [6.45, 7) is 0. The minimum Gasteiger partial charge on any atom is -0.396 e. The molecule has 0 aliphatic rings. The van der Waals surface area contributed by atoms with E-state index in [0.29, 0.717) is 16.6 Å². The molecule has 0 atom stereocenters. The number of rotatable bonds is 3. The van der Waals surface area contributed by atoms with Gasteiger partial charge in [-0.2, -0.15) is 5.10 Å². The number of fused-ring (bicyclic) bond motifs is 1. The summed E-state index contributed by atoms with van der Waals surface area (Å²) in [6.07, 6.45) is 0. The van der Waals surface area contributed by atoms with Crippen LogP contribution in [0, 0.1) is 10.1 Å². The van der Waals surface area contributed by atoms with Gasteiger partial charge in [0.15, 0.2) is 5.69 Å². The van der Waals surface area contributed by atoms with Crippen molar-refractivity contribution in [3.8, 4) is 0 Å². The van der Waals surface area contributed by atoms with Gasteiger partial charge >= 0.3 is 0 Å². The van der Waals surface area contributed by atoms with Gasteiger partial charge in [-0.15, -0.1) is 0 Å². The number of nitrogens with zero attached hydrogens (tertiary/aromatic N) is 2. The number of nitrogen functional groups attached to an aromatic ring is 1. The quantitative estimate of drug-likeness (QED) is 0.371. The highest BCUT2D eigenvalue weighted by Crippen LogP contribution is 2.31. The van der Waals surface area contributed by atoms with Gasteiger partial charge in [-0.25, -0.2) is 0 Å². The predicted molar refractivity (Wildman–Crippen MR) is 91.6 cm³/mol. The molecule has 1 heterocycles. The van der Waals surface area contributed by atoms with Gasteiger partial charge in [0.1, 0.15) is 0 Å². The molecule has 0 saturated carbocycles. The molecule has 1 aromatic heterocycles. The number of H-pyrrole nitrogens is 1. The van der Waals surface area contributed by atoms with Gasteiger partial charge in [0, 0.05) is 23.2 Å². The van der Waals surface area contributed by atoms with Crippen LogP contribution in [-0.2, 0) is 0 Å². The molecular weight excluding hydrogens is 357 g/mol. The number of nitro groups is 1. The molecule has 122 valence electrons. The zero-order chi connectivity index (χ0) is 17.4. The number of halogens is 2. The molecule has 0 saturated heterocycles. The van der Waals surface area contributed by atoms with Crippen LogP contribution in [-0.4, -0.2) is 21.0 Å². The molecule has 0 spiro atoms. The monoisotopic (exact) mass is 365 g/mol. The first kappa shape index (κ1) is 16.0. The molecule has 4 N–H and O–H groups in total. The zero-order valence-electron chi connectivity index (χ0n) is 11.8. The lowest BCUT2D eigenvalue weighted by Gasteiger charge is -2.07. The van der Waals surface area contributed by atoms with Crippen molar-refractivity contribution in [2.75, 3.05) is 11.1 Å². The van der Waals surface area contributed by atoms with E-state index in [1.54, 1.807) is 0 Å². The lowest BCUT2D eigenvalue weighted by molar-refractivity contribution is -0.384. The van der Waals surface area contributed by atoms with E-state index >= 15 is 0 Å². The number of hydrogen-bond acceptors (Lipinski definition) is 5. The number of benzene rings is 2. The van der Waals surface area contributed by atoms with Crippen molar-refractivity contribution in [1.29, 1.82) is 0 Å². The molecule has 0 fully saturated rings. The van der Waals surface area contributed by atoms with Gasteiger partial charge in [0.2, 0.25) is 0 Å². The molecule has 3 rings (SSSR count). The van der Waals surface area contributed by atoms with E-state index < -0.39 is 10.8 Å². The van der Waals surface area contributed by atoms with Gasteiger partial charge in [-0.1, -0.05) is 23.2 Å². The average molecular weight is 366 g/mol. The van der Waals surface area contributed by atoms with Crippen LogP contribution < -0.4 is 11.1 Å². The van der Waals surface area contributed by atoms with Crippen LogP contribution in [0.2, 0.25) is 10.0 Å². The normalized spacial score (nSPS) is 10.8. The molecule has 1 amide bonds. The Morgan fingerprint density at radius 1 is 1.25 bits per heavy atom. The lowest BCUT2D eigenvalue weighted by Crippen LogP contribution is -2.13. The van der Waals surface area contributed by atoms with E-state index in [2.05, 4.69) is 15.5 Å². The summed E-state index contributed by atoms with van der Waals surface area (Å²) in [7, 11) is 0. The molecule has 0 aliphatic heterocycles. The lowest BCUT2D eigenvalue weighted by atomic mass is 10.2. The molecule has 10 heteroatoms. The number of carbonyl (C=O) groups excluding carboxylic acids is 1. The first-order valence-corrected chi connectivity index (χ1v) is 7.31. The molecule has 0 aliphatic carbocycles. The van der Waals surface area contributed by atoms with Crippen LogP contribution in [0.3, 0.4) is 0 Å². The van der Waals surface area contributed by atoms with E-state index in [9.17, 15) is 14.9 Å². The number of amides is 1. The summed E-state index contributed by atoms with van der Waals surface area (Å²) in [5.41, 5.74) is 6.54. The number of non-ortho nitro benzene ring substituents is 1. The van der Waals surface area contributed by atoms with E-state index in [1.165, 1.54) is 30.3 Å². The number of nitrogens with two attached hydrogens (primary N) is 1. The van der Waals surface area contributed by atoms with Crippen molar-refractivity contribution in [3.05, 3.63) is 56.2 Å². The minimum atomic E-state index is -0.571. The summed E-state index contributed by atoms with van der Waals surface area (Å²) >= 11 is 11.8. The van der Waals surface area contributed by atoms with Crippen LogP contribution in [0.4, 0.5) is 17.1 Å². The third-order valence-electron chi connectivity index (χ3n) is 3.31. The number of nitrogens with one attached hydrogen (secondary N) is 2. The Balaban J connectivity index is 1.97. The Kier molecular flexibility index (Phi) is 4.00. The van der Waals surface area contributed by atoms with Crippen molar-refractivity contribution in [3.63, 3.8) is 0 Å². The fourth-order valence-electron chi connectivity index (χ4n) is 2.14. The average Bonchev–Trinajstić information content (AvgIpc) is 2.95. The Bertz CT molecular complexity index is 963. The standard InChI is InChI=1S/C14H9Cl2N5O3/c15-9-3-6(4-10(16)12(9)17)18-14(22)13-8-5-7(21(23)24)1-2-11(8)19-20-13/h1-5H,17H2,(H,18,22)(H,19,20). The fourth-order valence-corrected chi connectivity index (χ4v) is 2.62. The maximum absolute atomic E-state index is 12.4. The molecule has 24 heavy (non-hydrogen) atoms. The number of hydrogen-bond donors (Lipinski definition) is 3. The SMILES string of the molecule is Nc1c(Cl)cc(NC(=O)c2n[nH]c3ccc([N+](=O)[O-])cc23)cc1Cl. The molecule has 0 bridgehead atoms. The highest BCUT2D eigenvalue weighted by molar-refractivity contribution is 6.39. The van der Waals surface area contributed by atoms with Crippen LogP contribution in [0.15, 0.2) is 30.3 Å². The van der Waals surface area contributed by atoms with Crippen LogP contribution >= 0.6 is 23.2 Å². The highest BCUT2D eigenvalue weighted by Gasteiger charge is 2.18. The summed E-state index contributed by atoms with van der Waals surface area (Å²) in [5.74, 6) is -0.571. The maximum Gasteiger partial charge on any atom is 0.276 e. The number of nitro benzene ring substituents is 1. The Morgan fingerprint density at radius 2 is 1.92 bits per heavy atom. The van der Waals surface area contributed by atoms with Crippen LogP contribution in [0.5, 0.6) is 0 Å². The molecule has 0 unspecified atom stereocenters. The van der Waals surface area contributed by atoms with Crippen LogP contribution in [0.1, 0.15) is 10.5 Å². The van der Waals surface area contributed by atoms with E-state index in [4.69, 9.17) is 28.9 Å². The summed E-state index contributed by atoms with van der Waals surface area (Å²) in [4.78, 5) is 22.7. The van der Waals surface area contributed by atoms with Crippen LogP contribution in [0.25, 0.3) is 10.9 Å². The molecular formula is C14H9Cl2N5O3. The zero-order valence-corrected chi connectivity index (χ0v) is 13.4. The molecule has 8 nitrogen and oxygen atoms in total. The van der Waals surface area contributed by atoms with Crippen molar-refractivity contribution in [2.24, 2.45) is 0 Å². The number of anilines is 2. The predicted octanol–water partition coefficient (Wildman–Crippen LogP) is 3.61. The Morgan fingerprint density at radius 3 is 2.54 bits per heavy atom. The number of carbonyl (C=O) groups is 1. The second-order valence-corrected chi connectivity index (χ2v) is 5.68. The topological polar surface area (TPSA) is 127 Å². The summed E-state index contributed by atoms with van der Waals surface area (Å²) in [6, 6.07) is 6.96. The summed E-state index contributed by atoms with van der Waals surface area (Å²) < 4.78 is 0. The van der Waals surface area contributed by atoms with E-state index in [-0.39, 0.29) is 27.1 Å². The van der Waals surface area contributed by atoms with Crippen molar-refractivity contribution >= 4 is 57.1 Å². The second-order valence-electron chi connectivity index (χ2n) is 4.87. The van der Waals surface area contributed by atoms with Gasteiger partial charge in [0.05, 0.1) is 26.2 Å². The van der Waals surface area contributed by atoms with Gasteiger partial charge in [0.25, 0.3) is 11.6 Å². The smallest absolute Gasteiger partial charge is 0.276 e. The fraction of sp³-hybridized carbons (Fsp3) is 0. The Hall–Kier alpha value is -2.84. The van der Waals surface area contributed by atoms with E-state index in [1.807, 2.05) is 0 Å². The third kappa shape index (κ3) is 2.84. The van der Waals surface area contributed by atoms with Gasteiger partial charge in [-0.05, 0) is 18.2 Å². The summed E-state index contributed by atoms with van der Waals surface area (Å²) in [5, 5.41) is 20.7. The molecule has 0 radical (unpaired) electrons. The first-order chi connectivity index (χ1) is 11.4. The maximum atomic E-state index is 12.4. The van der Waals surface area contributed by atoms with Crippen molar-refractivity contribution < 1.29 is 9.72 Å².